The van der Waals surface area contributed by atoms with Crippen LogP contribution in [-0.4, -0.2) is 323 Å². The van der Waals surface area contributed by atoms with Crippen LogP contribution in [0.4, 0.5) is 0 Å². The van der Waals surface area contributed by atoms with Crippen LogP contribution in [-0.2, 0) is 101 Å². The zero-order valence-electron chi connectivity index (χ0n) is 69.4. The Labute approximate surface area is 710 Å². The largest absolute Gasteiger partial charge is 0.480 e. The number of imidazole rings is 1. The maximum Gasteiger partial charge on any atom is 0.317 e. The highest BCUT2D eigenvalue weighted by molar-refractivity contribution is 7.98. The van der Waals surface area contributed by atoms with Crippen molar-refractivity contribution in [3.05, 3.63) is 126 Å². The number of aromatic nitrogens is 3. The number of aliphatic carboxylic acids is 3. The Bertz CT molecular complexity index is 4290. The van der Waals surface area contributed by atoms with Crippen molar-refractivity contribution >= 4 is 117 Å². The molecule has 8 atom stereocenters. The fourth-order valence-electron chi connectivity index (χ4n) is 13.1. The van der Waals surface area contributed by atoms with Gasteiger partial charge in [0, 0.05) is 125 Å². The number of H-pyrrole nitrogens is 2. The molecule has 40 nitrogen and oxygen atoms in total. The lowest BCUT2D eigenvalue weighted by Gasteiger charge is -2.32. The van der Waals surface area contributed by atoms with Crippen LogP contribution < -0.4 is 64.6 Å². The molecule has 0 bridgehead atoms. The molecule has 1 saturated heterocycles. The summed E-state index contributed by atoms with van der Waals surface area (Å²) in [7, 11) is 0. The van der Waals surface area contributed by atoms with E-state index in [0.29, 0.717) is 44.6 Å². The quantitative estimate of drug-likeness (QED) is 0.0136. The molecule has 3 aromatic carbocycles. The van der Waals surface area contributed by atoms with Crippen LogP contribution in [0.5, 0.6) is 0 Å². The molecule has 0 saturated carbocycles. The molecule has 0 spiro atoms. The Morgan fingerprint density at radius 2 is 1.02 bits per heavy atom. The molecule has 0 unspecified atom stereocenters. The number of nitrogens with two attached hydrogens (primary N) is 2. The normalized spacial score (nSPS) is 15.2. The van der Waals surface area contributed by atoms with Crippen molar-refractivity contribution in [1.82, 2.24) is 87.7 Å². The van der Waals surface area contributed by atoms with Crippen LogP contribution in [0.1, 0.15) is 93.0 Å². The van der Waals surface area contributed by atoms with Gasteiger partial charge in [0.1, 0.15) is 54.9 Å². The van der Waals surface area contributed by atoms with Gasteiger partial charge in [-0.05, 0) is 67.2 Å². The topological polar surface area (TPSA) is 582 Å². The first-order valence-electron chi connectivity index (χ1n) is 40.1. The fraction of sp³-hybridized carbons (Fsp3) is 0.519. The summed E-state index contributed by atoms with van der Waals surface area (Å²) in [5.74, 6) is -13.6. The molecule has 1 aliphatic heterocycles. The number of nitrogens with one attached hydrogen (secondary N) is 12. The minimum atomic E-state index is -1.64. The van der Waals surface area contributed by atoms with Crippen molar-refractivity contribution in [3.63, 3.8) is 0 Å². The highest BCUT2D eigenvalue weighted by Gasteiger charge is 2.36. The number of rotatable bonds is 51. The van der Waals surface area contributed by atoms with E-state index in [-0.39, 0.29) is 149 Å². The number of fused-ring (bicyclic) bond motifs is 1. The number of para-hydroxylation sites is 1. The van der Waals surface area contributed by atoms with Gasteiger partial charge in [-0.1, -0.05) is 100 Å². The van der Waals surface area contributed by atoms with Crippen molar-refractivity contribution in [1.29, 1.82) is 0 Å². The number of aromatic amines is 2. The number of hydrogen-bond donors (Lipinski definition) is 17. The molecule has 1 fully saturated rings. The lowest BCUT2D eigenvalue weighted by Crippen LogP contribution is -2.60. The maximum absolute atomic E-state index is 14.8. The Morgan fingerprint density at radius 3 is 1.58 bits per heavy atom. The highest BCUT2D eigenvalue weighted by atomic mass is 32.2. The third-order valence-electron chi connectivity index (χ3n) is 19.6. The van der Waals surface area contributed by atoms with Gasteiger partial charge in [-0.2, -0.15) is 11.8 Å². The Balaban J connectivity index is 1.11. The molecule has 12 amide bonds. The number of ketones is 1. The molecule has 0 radical (unpaired) electrons. The number of ether oxygens (including phenoxy) is 2. The van der Waals surface area contributed by atoms with Crippen LogP contribution in [0.15, 0.2) is 97.6 Å². The fourth-order valence-corrected chi connectivity index (χ4v) is 13.5. The molecule has 1 aliphatic rings. The average molecular weight is 1720 g/mol. The van der Waals surface area contributed by atoms with Crippen molar-refractivity contribution in [2.45, 2.75) is 128 Å². The van der Waals surface area contributed by atoms with Crippen LogP contribution in [0, 0.1) is 11.8 Å². The van der Waals surface area contributed by atoms with E-state index in [0.717, 1.165) is 0 Å². The van der Waals surface area contributed by atoms with Gasteiger partial charge in [0.15, 0.2) is 5.78 Å². The predicted octanol–water partition coefficient (Wildman–Crippen LogP) is -3.00. The number of carboxylic acids is 3. The molecule has 2 aromatic heterocycles. The van der Waals surface area contributed by atoms with Crippen LogP contribution >= 0.6 is 11.8 Å². The molecule has 0 aliphatic carbocycles. The Kier molecular flexibility index (Phi) is 42.0. The first-order chi connectivity index (χ1) is 58.1. The van der Waals surface area contributed by atoms with Gasteiger partial charge < -0.3 is 99.4 Å². The lowest BCUT2D eigenvalue weighted by molar-refractivity contribution is -0.140. The third kappa shape index (κ3) is 35.9. The van der Waals surface area contributed by atoms with Crippen LogP contribution in [0.3, 0.4) is 0 Å². The van der Waals surface area contributed by atoms with E-state index in [1.165, 1.54) is 43.3 Å². The number of carbonyl (C=O) groups is 16. The molecular weight excluding hydrogens is 1610 g/mol. The Morgan fingerprint density at radius 1 is 0.500 bits per heavy atom. The molecule has 19 N–H and O–H groups in total. The van der Waals surface area contributed by atoms with Gasteiger partial charge in [-0.25, -0.2) is 4.98 Å². The monoisotopic (exact) mass is 1720 g/mol. The van der Waals surface area contributed by atoms with Crippen molar-refractivity contribution < 1.29 is 102 Å². The van der Waals surface area contributed by atoms with Crippen molar-refractivity contribution in [2.24, 2.45) is 23.3 Å². The number of carbonyl (C=O) groups excluding carboxylic acids is 13. The summed E-state index contributed by atoms with van der Waals surface area (Å²) in [5, 5.41) is 55.6. The zero-order valence-corrected chi connectivity index (χ0v) is 70.2. The second kappa shape index (κ2) is 51.8. The van der Waals surface area contributed by atoms with Crippen LogP contribution in [0.25, 0.3) is 10.9 Å². The van der Waals surface area contributed by atoms with Gasteiger partial charge in [0.05, 0.1) is 58.9 Å². The van der Waals surface area contributed by atoms with E-state index in [4.69, 9.17) is 20.9 Å². The molecule has 41 heteroatoms. The minimum absolute atomic E-state index is 0.00779. The molecule has 122 heavy (non-hydrogen) atoms. The van der Waals surface area contributed by atoms with Gasteiger partial charge in [-0.3, -0.25) is 96.3 Å². The summed E-state index contributed by atoms with van der Waals surface area (Å²) >= 11 is 1.45. The molecule has 5 aromatic rings. The van der Waals surface area contributed by atoms with Gasteiger partial charge in [-0.15, -0.1) is 0 Å². The molecule has 6 rings (SSSR count). The first kappa shape index (κ1) is 99.1. The van der Waals surface area contributed by atoms with E-state index in [9.17, 15) is 92.0 Å². The summed E-state index contributed by atoms with van der Waals surface area (Å²) in [4.78, 5) is 231. The standard InChI is InChI=1S/C81H115N19O21S/c1-49(2)36-61(78(116)92-59(74(83)112)22-35-122-6)94-80(118)64(39-56-41-84-48-88-56)90-66(102)42-87-81(119)72(50(3)4)96-75(113)51(5)89-77(115)63(38-55-40-86-58-15-11-10-14-57(55)58)95-76(114)60(20-21-65(82)101)93-79(117)62(37-52-16-18-54(19-17-52)73(111)53-12-8-7-9-13-53)91-68(104)47-121-34-33-120-32-23-85-67(103)43-97-24-26-98(44-69(105)106)28-30-100(46-71(109)110)31-29-99(27-25-97)45-70(107)108/h7-19,40-41,48-51,59-64,72,86H,20-39,42-47H2,1-6H3,(H2,82,101)(H2,83,112)(H,84,88)(H,85,103)(H,87,119)(H,89,115)(H,90,102)(H,91,104)(H,92,116)(H,93,117)(H,94,118)(H,95,114)(H,96,113)(H,105,106)(H,107,108)(H,109,110)/t51-,59-,60-,61-,62-,63-,64-,72-/m0/s1. The SMILES string of the molecule is CSCC[C@H](NC(=O)[C@H](CC(C)C)NC(=O)[C@H](Cc1cnc[nH]1)NC(=O)CNC(=O)[C@@H](NC(=O)[C@H](C)NC(=O)[C@H](Cc1c[nH]c2ccccc12)NC(=O)[C@H](CCC(N)=O)NC(=O)[C@H](Cc1ccc(C(=O)c2ccccc2)cc1)NC(=O)COCCOCCNC(=O)CN1CCN(CC(=O)O)CCN(CC(=O)O)CCN(CC(=O)O)CC1)C(C)C)C(N)=O. The Hall–Kier alpha value is -11.8. The van der Waals surface area contributed by atoms with Crippen molar-refractivity contribution in [3.8, 4) is 0 Å². The van der Waals surface area contributed by atoms with Gasteiger partial charge in [0.2, 0.25) is 70.9 Å². The van der Waals surface area contributed by atoms with E-state index >= 15 is 0 Å². The van der Waals surface area contributed by atoms with E-state index < -0.39 is 169 Å². The summed E-state index contributed by atoms with van der Waals surface area (Å²) in [6.45, 7) is 7.15. The zero-order chi connectivity index (χ0) is 89.4. The smallest absolute Gasteiger partial charge is 0.317 e. The number of nitrogens with zero attached hydrogens (tertiary/aromatic N) is 5. The number of primary amides is 2. The van der Waals surface area contributed by atoms with E-state index in [2.05, 4.69) is 68.1 Å². The second-order valence-electron chi connectivity index (χ2n) is 30.2. The predicted molar refractivity (Wildman–Crippen MR) is 447 cm³/mol. The average Bonchev–Trinajstić information content (AvgIpc) is 1.64. The number of carboxylic acid groups (broad SMARTS) is 3. The lowest BCUT2D eigenvalue weighted by atomic mass is 9.99. The maximum atomic E-state index is 14.8. The molecule has 666 valence electrons. The number of hydrogen-bond acceptors (Lipinski definition) is 24. The summed E-state index contributed by atoms with van der Waals surface area (Å²) in [6, 6.07) is 10.8. The summed E-state index contributed by atoms with van der Waals surface area (Å²) < 4.78 is 11.3. The highest BCUT2D eigenvalue weighted by Crippen LogP contribution is 2.21. The van der Waals surface area contributed by atoms with Gasteiger partial charge in [0.25, 0.3) is 0 Å². The number of amides is 12. The number of thioether (sulfide) groups is 1. The molecule has 3 heterocycles. The first-order valence-corrected chi connectivity index (χ1v) is 41.5. The minimum Gasteiger partial charge on any atom is -0.480 e. The summed E-state index contributed by atoms with van der Waals surface area (Å²) in [5.41, 5.74) is 14.0. The summed E-state index contributed by atoms with van der Waals surface area (Å²) in [6.07, 6.45) is 5.09. The second-order valence-corrected chi connectivity index (χ2v) is 31.2. The number of benzene rings is 3. The van der Waals surface area contributed by atoms with E-state index in [1.807, 2.05) is 20.1 Å². The van der Waals surface area contributed by atoms with Crippen LogP contribution in [0.2, 0.25) is 0 Å². The van der Waals surface area contributed by atoms with E-state index in [1.54, 1.807) is 106 Å². The third-order valence-corrected chi connectivity index (χ3v) is 20.2. The van der Waals surface area contributed by atoms with Gasteiger partial charge >= 0.3 is 17.9 Å². The molecular formula is C81H115N19O21S. The van der Waals surface area contributed by atoms with Crippen molar-refractivity contribution in [2.75, 3.05) is 130 Å².